The zero-order valence-electron chi connectivity index (χ0n) is 10.3. The average molecular weight is 294 g/mol. The van der Waals surface area contributed by atoms with Crippen molar-refractivity contribution in [2.45, 2.75) is 18.0 Å². The predicted molar refractivity (Wildman–Crippen MR) is 67.5 cm³/mol. The summed E-state index contributed by atoms with van der Waals surface area (Å²) in [6.45, 7) is 0.309. The summed E-state index contributed by atoms with van der Waals surface area (Å²) in [5, 5.41) is 3.80. The molecule has 0 amide bonds. The van der Waals surface area contributed by atoms with Gasteiger partial charge in [-0.05, 0) is 18.1 Å². The molecule has 1 aromatic rings. The van der Waals surface area contributed by atoms with Crippen LogP contribution in [-0.2, 0) is 10.2 Å². The maximum Gasteiger partial charge on any atom is 0.411 e. The molecular formula is C13H15ClF3NO. The minimum Gasteiger partial charge on any atom is -0.372 e. The van der Waals surface area contributed by atoms with Crippen molar-refractivity contribution in [3.63, 3.8) is 0 Å². The van der Waals surface area contributed by atoms with Gasteiger partial charge in [-0.15, -0.1) is 0 Å². The van der Waals surface area contributed by atoms with E-state index < -0.39 is 12.8 Å². The maximum absolute atomic E-state index is 12.0. The molecule has 2 rings (SSSR count). The number of halogens is 4. The average Bonchev–Trinajstić information content (AvgIpc) is 2.27. The van der Waals surface area contributed by atoms with Crippen LogP contribution in [0.1, 0.15) is 12.0 Å². The van der Waals surface area contributed by atoms with E-state index in [2.05, 4.69) is 5.32 Å². The lowest BCUT2D eigenvalue weighted by Crippen LogP contribution is -2.57. The lowest BCUT2D eigenvalue weighted by atomic mass is 9.73. The van der Waals surface area contributed by atoms with E-state index in [1.54, 1.807) is 6.07 Å². The highest BCUT2D eigenvalue weighted by Gasteiger charge is 2.40. The Bertz CT molecular complexity index is 432. The van der Waals surface area contributed by atoms with Gasteiger partial charge in [-0.1, -0.05) is 29.8 Å². The van der Waals surface area contributed by atoms with Crippen LogP contribution < -0.4 is 5.32 Å². The van der Waals surface area contributed by atoms with Gasteiger partial charge in [0.15, 0.2) is 0 Å². The van der Waals surface area contributed by atoms with Gasteiger partial charge in [0.05, 0.1) is 0 Å². The van der Waals surface area contributed by atoms with Gasteiger partial charge in [0.1, 0.15) is 6.61 Å². The van der Waals surface area contributed by atoms with Crippen LogP contribution >= 0.6 is 11.6 Å². The Hall–Kier alpha value is -0.780. The molecular weight excluding hydrogens is 279 g/mol. The smallest absolute Gasteiger partial charge is 0.372 e. The highest BCUT2D eigenvalue weighted by Crippen LogP contribution is 2.36. The highest BCUT2D eigenvalue weighted by molar-refractivity contribution is 6.31. The summed E-state index contributed by atoms with van der Waals surface area (Å²) in [6, 6.07) is 7.45. The molecule has 1 aliphatic rings. The third kappa shape index (κ3) is 3.61. The van der Waals surface area contributed by atoms with E-state index in [1.807, 2.05) is 18.2 Å². The van der Waals surface area contributed by atoms with Crippen molar-refractivity contribution in [1.82, 2.24) is 5.32 Å². The second-order valence-corrected chi connectivity index (χ2v) is 5.19. The lowest BCUT2D eigenvalue weighted by Gasteiger charge is -2.43. The van der Waals surface area contributed by atoms with Crippen LogP contribution in [0.3, 0.4) is 0 Å². The molecule has 6 heteroatoms. The first-order valence-corrected chi connectivity index (χ1v) is 6.41. The SMILES string of the molecule is FC(F)(F)COCCC1(c2ccccc2Cl)CNC1. The third-order valence-corrected chi connectivity index (χ3v) is 3.69. The summed E-state index contributed by atoms with van der Waals surface area (Å²) < 4.78 is 40.7. The fourth-order valence-electron chi connectivity index (χ4n) is 2.28. The molecule has 1 aromatic carbocycles. The lowest BCUT2D eigenvalue weighted by molar-refractivity contribution is -0.175. The molecule has 0 saturated carbocycles. The Labute approximate surface area is 114 Å². The van der Waals surface area contributed by atoms with E-state index in [9.17, 15) is 13.2 Å². The number of rotatable bonds is 5. The summed E-state index contributed by atoms with van der Waals surface area (Å²) in [5.41, 5.74) is 0.773. The number of alkyl halides is 3. The van der Waals surface area contributed by atoms with Gasteiger partial charge in [0.25, 0.3) is 0 Å². The zero-order valence-corrected chi connectivity index (χ0v) is 11.0. The van der Waals surface area contributed by atoms with Crippen molar-refractivity contribution >= 4 is 11.6 Å². The van der Waals surface area contributed by atoms with E-state index in [0.717, 1.165) is 5.56 Å². The highest BCUT2D eigenvalue weighted by atomic mass is 35.5. The Kier molecular flexibility index (Phi) is 4.38. The van der Waals surface area contributed by atoms with Crippen molar-refractivity contribution in [3.05, 3.63) is 34.9 Å². The summed E-state index contributed by atoms with van der Waals surface area (Å²) in [7, 11) is 0. The number of benzene rings is 1. The molecule has 1 heterocycles. The Morgan fingerprint density at radius 1 is 1.26 bits per heavy atom. The molecule has 19 heavy (non-hydrogen) atoms. The molecule has 1 saturated heterocycles. The molecule has 1 fully saturated rings. The molecule has 0 unspecified atom stereocenters. The summed E-state index contributed by atoms with van der Waals surface area (Å²) in [4.78, 5) is 0. The quantitative estimate of drug-likeness (QED) is 0.842. The second-order valence-electron chi connectivity index (χ2n) is 4.78. The van der Waals surface area contributed by atoms with Gasteiger partial charge in [-0.25, -0.2) is 0 Å². The first-order chi connectivity index (χ1) is 8.93. The molecule has 2 nitrogen and oxygen atoms in total. The summed E-state index contributed by atoms with van der Waals surface area (Å²) in [5.74, 6) is 0. The van der Waals surface area contributed by atoms with E-state index in [-0.39, 0.29) is 12.0 Å². The minimum absolute atomic E-state index is 0.0758. The van der Waals surface area contributed by atoms with Crippen LogP contribution in [0.2, 0.25) is 5.02 Å². The van der Waals surface area contributed by atoms with Crippen LogP contribution in [0, 0.1) is 0 Å². The first kappa shape index (κ1) is 14.6. The maximum atomic E-state index is 12.0. The molecule has 0 atom stereocenters. The minimum atomic E-state index is -4.27. The fraction of sp³-hybridized carbons (Fsp3) is 0.538. The molecule has 0 bridgehead atoms. The number of nitrogens with one attached hydrogen (secondary N) is 1. The number of hydrogen-bond acceptors (Lipinski definition) is 2. The van der Waals surface area contributed by atoms with Crippen LogP contribution in [0.4, 0.5) is 13.2 Å². The zero-order chi connectivity index (χ0) is 13.9. The van der Waals surface area contributed by atoms with Gasteiger partial charge in [-0.2, -0.15) is 13.2 Å². The van der Waals surface area contributed by atoms with Crippen molar-refractivity contribution in [2.24, 2.45) is 0 Å². The third-order valence-electron chi connectivity index (χ3n) is 3.36. The molecule has 1 aliphatic heterocycles. The monoisotopic (exact) mass is 293 g/mol. The van der Waals surface area contributed by atoms with E-state index in [0.29, 0.717) is 24.5 Å². The Morgan fingerprint density at radius 3 is 2.47 bits per heavy atom. The largest absolute Gasteiger partial charge is 0.411 e. The molecule has 0 aliphatic carbocycles. The fourth-order valence-corrected chi connectivity index (χ4v) is 2.61. The molecule has 106 valence electrons. The Morgan fingerprint density at radius 2 is 1.95 bits per heavy atom. The van der Waals surface area contributed by atoms with Crippen molar-refractivity contribution < 1.29 is 17.9 Å². The first-order valence-electron chi connectivity index (χ1n) is 6.03. The van der Waals surface area contributed by atoms with Crippen LogP contribution in [-0.4, -0.2) is 32.5 Å². The van der Waals surface area contributed by atoms with Gasteiger partial charge >= 0.3 is 6.18 Å². The number of hydrogen-bond donors (Lipinski definition) is 1. The number of ether oxygens (including phenoxy) is 1. The molecule has 0 aromatic heterocycles. The Balaban J connectivity index is 1.95. The van der Waals surface area contributed by atoms with Crippen molar-refractivity contribution in [2.75, 3.05) is 26.3 Å². The predicted octanol–water partition coefficient (Wildman–Crippen LogP) is 3.15. The second kappa shape index (κ2) is 5.69. The normalized spacial score (nSPS) is 18.1. The van der Waals surface area contributed by atoms with Gasteiger partial charge in [0.2, 0.25) is 0 Å². The van der Waals surface area contributed by atoms with Gasteiger partial charge < -0.3 is 10.1 Å². The van der Waals surface area contributed by atoms with Crippen LogP contribution in [0.25, 0.3) is 0 Å². The van der Waals surface area contributed by atoms with Gasteiger partial charge in [-0.3, -0.25) is 0 Å². The van der Waals surface area contributed by atoms with Crippen molar-refractivity contribution in [3.8, 4) is 0 Å². The van der Waals surface area contributed by atoms with E-state index in [4.69, 9.17) is 16.3 Å². The standard InChI is InChI=1S/C13H15ClF3NO/c14-11-4-2-1-3-10(11)12(7-18-8-12)5-6-19-9-13(15,16)17/h1-4,18H,5-9H2. The van der Waals surface area contributed by atoms with Crippen LogP contribution in [0.15, 0.2) is 24.3 Å². The summed E-state index contributed by atoms with van der Waals surface area (Å²) in [6.07, 6.45) is -3.74. The van der Waals surface area contributed by atoms with Crippen LogP contribution in [0.5, 0.6) is 0 Å². The molecule has 0 spiro atoms. The molecule has 1 N–H and O–H groups in total. The summed E-state index contributed by atoms with van der Waals surface area (Å²) >= 11 is 6.16. The van der Waals surface area contributed by atoms with E-state index >= 15 is 0 Å². The van der Waals surface area contributed by atoms with E-state index in [1.165, 1.54) is 0 Å². The molecule has 0 radical (unpaired) electrons. The topological polar surface area (TPSA) is 21.3 Å². The van der Waals surface area contributed by atoms with Gasteiger partial charge in [0, 0.05) is 30.1 Å². The van der Waals surface area contributed by atoms with Crippen molar-refractivity contribution in [1.29, 1.82) is 0 Å².